The van der Waals surface area contributed by atoms with Gasteiger partial charge in [-0.05, 0) is 104 Å². The number of piperidine rings is 2. The number of carbonyl (C=O) groups is 2. The Hall–Kier alpha value is -4.14. The van der Waals surface area contributed by atoms with Gasteiger partial charge in [-0.3, -0.25) is 14.5 Å². The van der Waals surface area contributed by atoms with Crippen LogP contribution in [0.1, 0.15) is 95.6 Å². The molecular weight excluding hydrogens is 669 g/mol. The van der Waals surface area contributed by atoms with Crippen LogP contribution >= 0.6 is 0 Å². The van der Waals surface area contributed by atoms with E-state index in [4.69, 9.17) is 0 Å². The smallest absolute Gasteiger partial charge is 0.253 e. The number of carbonyl (C=O) groups excluding carboxylic acids is 2. The van der Waals surface area contributed by atoms with E-state index < -0.39 is 0 Å². The second kappa shape index (κ2) is 15.9. The normalized spacial score (nSPS) is 19.7. The second-order valence-electron chi connectivity index (χ2n) is 16.9. The zero-order chi connectivity index (χ0) is 37.3. The first-order valence-corrected chi connectivity index (χ1v) is 20.8. The first-order chi connectivity index (χ1) is 26.3. The Morgan fingerprint density at radius 2 is 1.22 bits per heavy atom. The predicted octanol–water partition coefficient (Wildman–Crippen LogP) is 7.81. The minimum absolute atomic E-state index is 0.183. The molecule has 9 rings (SSSR count). The van der Waals surface area contributed by atoms with E-state index in [0.717, 1.165) is 133 Å². The summed E-state index contributed by atoms with van der Waals surface area (Å²) in [6.45, 7) is 23.0. The van der Waals surface area contributed by atoms with Crippen molar-refractivity contribution in [2.24, 2.45) is 17.8 Å². The van der Waals surface area contributed by atoms with Crippen LogP contribution in [0.4, 0.5) is 0 Å². The van der Waals surface area contributed by atoms with Crippen LogP contribution in [0.3, 0.4) is 0 Å². The lowest BCUT2D eigenvalue weighted by Gasteiger charge is -2.30. The quantitative estimate of drug-likeness (QED) is 0.188. The molecule has 8 heteroatoms. The summed E-state index contributed by atoms with van der Waals surface area (Å²) >= 11 is 0. The first-order valence-electron chi connectivity index (χ1n) is 20.8. The summed E-state index contributed by atoms with van der Waals surface area (Å²) in [5, 5.41) is 5.97. The number of nitrogens with one attached hydrogen (secondary N) is 1. The second-order valence-corrected chi connectivity index (χ2v) is 16.9. The van der Waals surface area contributed by atoms with Gasteiger partial charge in [-0.1, -0.05) is 26.0 Å². The number of nitrogens with zero attached hydrogens (tertiary/aromatic N) is 5. The number of aromatic nitrogens is 2. The standard InChI is InChI=1S/C25H33N3O.C21H27N3O/c1-3-11-28-23-7-6-20(25(29)27-13-8-18(2)9-14-27)15-21(23)22-17-26(12-10-24(22)28)16-19-4-5-19;1-3-10-24-19-5-4-16(21(25)23-11-7-15(2)8-12-23)13-17(19)18-14-22-9-6-20(18)24/h3,6-7,15,18-19H,1,4-5,8-14,16-17H2,2H3;3-5,13,15,22H,1,6-12,14H2,2H3. The maximum Gasteiger partial charge on any atom is 0.253 e. The van der Waals surface area contributed by atoms with Crippen LogP contribution in [0, 0.1) is 17.8 Å². The summed E-state index contributed by atoms with van der Waals surface area (Å²) in [5.41, 5.74) is 9.79. The van der Waals surface area contributed by atoms with Crippen LogP contribution < -0.4 is 5.32 Å². The third kappa shape index (κ3) is 7.44. The first kappa shape index (κ1) is 36.8. The van der Waals surface area contributed by atoms with E-state index in [1.165, 1.54) is 63.7 Å². The van der Waals surface area contributed by atoms with Gasteiger partial charge in [0.05, 0.1) is 0 Å². The van der Waals surface area contributed by atoms with Crippen LogP contribution in [0.15, 0.2) is 61.7 Å². The van der Waals surface area contributed by atoms with Crippen molar-refractivity contribution in [2.75, 3.05) is 45.8 Å². The molecule has 2 saturated heterocycles. The Labute approximate surface area is 321 Å². The third-order valence-electron chi connectivity index (χ3n) is 12.9. The molecule has 4 aromatic rings. The Kier molecular flexibility index (Phi) is 10.9. The van der Waals surface area contributed by atoms with Crippen molar-refractivity contribution >= 4 is 33.6 Å². The van der Waals surface area contributed by atoms with Crippen LogP contribution in [-0.4, -0.2) is 81.5 Å². The van der Waals surface area contributed by atoms with Gasteiger partial charge in [0.15, 0.2) is 0 Å². The predicted molar refractivity (Wildman–Crippen MR) is 220 cm³/mol. The summed E-state index contributed by atoms with van der Waals surface area (Å²) in [6, 6.07) is 12.6. The fraction of sp³-hybridized carbons (Fsp3) is 0.522. The molecule has 0 radical (unpaired) electrons. The van der Waals surface area contributed by atoms with Gasteiger partial charge in [-0.25, -0.2) is 0 Å². The minimum atomic E-state index is 0.183. The zero-order valence-electron chi connectivity index (χ0n) is 32.8. The number of benzene rings is 2. The largest absolute Gasteiger partial charge is 0.340 e. The molecule has 1 aliphatic carbocycles. The van der Waals surface area contributed by atoms with Gasteiger partial charge >= 0.3 is 0 Å². The van der Waals surface area contributed by atoms with Crippen molar-refractivity contribution in [1.29, 1.82) is 0 Å². The number of hydrogen-bond acceptors (Lipinski definition) is 4. The number of allylic oxidation sites excluding steroid dienone is 2. The molecule has 5 aliphatic rings. The number of rotatable bonds is 8. The molecule has 0 atom stereocenters. The van der Waals surface area contributed by atoms with Crippen LogP contribution in [0.5, 0.6) is 0 Å². The summed E-state index contributed by atoms with van der Waals surface area (Å²) in [5.74, 6) is 2.77. The molecule has 0 spiro atoms. The molecule has 2 aromatic heterocycles. The molecule has 3 fully saturated rings. The Morgan fingerprint density at radius 1 is 0.704 bits per heavy atom. The van der Waals surface area contributed by atoms with Crippen molar-refractivity contribution in [2.45, 2.75) is 91.4 Å². The maximum absolute atomic E-state index is 13.2. The number of amides is 2. The van der Waals surface area contributed by atoms with Gasteiger partial charge in [0, 0.05) is 129 Å². The molecule has 4 aliphatic heterocycles. The van der Waals surface area contributed by atoms with Gasteiger partial charge in [0.2, 0.25) is 0 Å². The average Bonchev–Trinajstić information content (AvgIpc) is 3.90. The van der Waals surface area contributed by atoms with Gasteiger partial charge in [0.1, 0.15) is 0 Å². The van der Waals surface area contributed by atoms with E-state index in [2.05, 4.69) is 70.6 Å². The third-order valence-corrected chi connectivity index (χ3v) is 12.9. The van der Waals surface area contributed by atoms with Crippen molar-refractivity contribution in [1.82, 2.24) is 29.2 Å². The fourth-order valence-corrected chi connectivity index (χ4v) is 9.44. The number of hydrogen-bond donors (Lipinski definition) is 1. The van der Waals surface area contributed by atoms with Crippen molar-refractivity contribution in [3.05, 3.63) is 95.3 Å². The van der Waals surface area contributed by atoms with Crippen LogP contribution in [0.25, 0.3) is 21.8 Å². The molecule has 0 bridgehead atoms. The molecule has 2 amide bonds. The summed E-state index contributed by atoms with van der Waals surface area (Å²) in [6.07, 6.45) is 13.3. The van der Waals surface area contributed by atoms with Gasteiger partial charge in [-0.15, -0.1) is 13.2 Å². The van der Waals surface area contributed by atoms with E-state index in [1.807, 2.05) is 34.1 Å². The van der Waals surface area contributed by atoms with Crippen LogP contribution in [-0.2, 0) is 39.0 Å². The summed E-state index contributed by atoms with van der Waals surface area (Å²) < 4.78 is 4.78. The van der Waals surface area contributed by atoms with Gasteiger partial charge in [0.25, 0.3) is 11.8 Å². The molecule has 1 saturated carbocycles. The molecule has 0 unspecified atom stereocenters. The zero-order valence-corrected chi connectivity index (χ0v) is 32.8. The molecule has 8 nitrogen and oxygen atoms in total. The van der Waals surface area contributed by atoms with E-state index >= 15 is 0 Å². The van der Waals surface area contributed by atoms with Crippen molar-refractivity contribution in [3.63, 3.8) is 0 Å². The van der Waals surface area contributed by atoms with Crippen molar-refractivity contribution < 1.29 is 9.59 Å². The maximum atomic E-state index is 13.2. The number of likely N-dealkylation sites (tertiary alicyclic amines) is 2. The van der Waals surface area contributed by atoms with E-state index in [-0.39, 0.29) is 11.8 Å². The highest BCUT2D eigenvalue weighted by Gasteiger charge is 2.30. The Morgan fingerprint density at radius 3 is 1.74 bits per heavy atom. The number of fused-ring (bicyclic) bond motifs is 6. The summed E-state index contributed by atoms with van der Waals surface area (Å²) in [4.78, 5) is 32.8. The van der Waals surface area contributed by atoms with Crippen molar-refractivity contribution in [3.8, 4) is 0 Å². The topological polar surface area (TPSA) is 65.8 Å². The average molecular weight is 729 g/mol. The lowest BCUT2D eigenvalue weighted by molar-refractivity contribution is 0.0689. The summed E-state index contributed by atoms with van der Waals surface area (Å²) in [7, 11) is 0. The highest BCUT2D eigenvalue weighted by molar-refractivity contribution is 6.00. The Bertz CT molecular complexity index is 2030. The SMILES string of the molecule is C=CCn1c2c(c3cc(C(=O)N4CCC(C)CC4)ccc31)CN(CC1CC1)CC2.C=CCn1c2c(c3cc(C(=O)N4CCC(C)CC4)ccc31)CNCC2. The monoisotopic (exact) mass is 728 g/mol. The Balaban J connectivity index is 0.000000155. The highest BCUT2D eigenvalue weighted by atomic mass is 16.2. The molecule has 54 heavy (non-hydrogen) atoms. The van der Waals surface area contributed by atoms with Crippen LogP contribution in [0.2, 0.25) is 0 Å². The van der Waals surface area contributed by atoms with E-state index in [1.54, 1.807) is 0 Å². The van der Waals surface area contributed by atoms with Gasteiger partial charge in [-0.2, -0.15) is 0 Å². The minimum Gasteiger partial charge on any atom is -0.340 e. The highest BCUT2D eigenvalue weighted by Crippen LogP contribution is 2.36. The molecule has 286 valence electrons. The lowest BCUT2D eigenvalue weighted by atomic mass is 9.98. The lowest BCUT2D eigenvalue weighted by Crippen LogP contribution is -2.37. The molecule has 2 aromatic carbocycles. The molecule has 1 N–H and O–H groups in total. The molecular formula is C46H60N6O2. The van der Waals surface area contributed by atoms with Gasteiger partial charge < -0.3 is 24.3 Å². The molecule has 6 heterocycles. The fourth-order valence-electron chi connectivity index (χ4n) is 9.44. The van der Waals surface area contributed by atoms with E-state index in [0.29, 0.717) is 0 Å². The van der Waals surface area contributed by atoms with E-state index in [9.17, 15) is 9.59 Å².